The summed E-state index contributed by atoms with van der Waals surface area (Å²) >= 11 is 0. The van der Waals surface area contributed by atoms with Crippen LogP contribution < -0.4 is 21.1 Å². The van der Waals surface area contributed by atoms with E-state index in [1.54, 1.807) is 18.3 Å². The maximum absolute atomic E-state index is 11.8. The van der Waals surface area contributed by atoms with E-state index in [9.17, 15) is 9.59 Å². The average molecular weight is 294 g/mol. The van der Waals surface area contributed by atoms with Crippen LogP contribution in [0.2, 0.25) is 0 Å². The van der Waals surface area contributed by atoms with E-state index in [0.717, 1.165) is 0 Å². The van der Waals surface area contributed by atoms with E-state index in [1.165, 1.54) is 0 Å². The topological polar surface area (TPSA) is 106 Å². The van der Waals surface area contributed by atoms with Crippen LogP contribution in [0.4, 0.5) is 5.69 Å². The van der Waals surface area contributed by atoms with Crippen LogP contribution in [0, 0.1) is 5.92 Å². The maximum Gasteiger partial charge on any atom is 0.243 e. The van der Waals surface area contributed by atoms with Crippen molar-refractivity contribution in [2.24, 2.45) is 11.7 Å². The van der Waals surface area contributed by atoms with E-state index >= 15 is 0 Å². The first-order valence-electron chi connectivity index (χ1n) is 6.86. The predicted molar refractivity (Wildman–Crippen MR) is 79.9 cm³/mol. The molecule has 7 nitrogen and oxygen atoms in total. The molecule has 116 valence electrons. The Morgan fingerprint density at radius 2 is 2.14 bits per heavy atom. The Kier molecular flexibility index (Phi) is 6.61. The number of nitrogens with zero attached hydrogens (tertiary/aromatic N) is 1. The summed E-state index contributed by atoms with van der Waals surface area (Å²) in [7, 11) is 0. The maximum atomic E-state index is 11.8. The molecule has 4 N–H and O–H groups in total. The SMILES string of the molecule is CCOc1ncccc1NC(=O)CNC(=O)[C@@H](N)C(C)C. The number of hydrogen-bond acceptors (Lipinski definition) is 5. The Labute approximate surface area is 124 Å². The standard InChI is InChI=1S/C14H22N4O3/c1-4-21-14-10(6-5-7-16-14)18-11(19)8-17-13(20)12(15)9(2)3/h5-7,9,12H,4,8,15H2,1-3H3,(H,17,20)(H,18,19)/t12-/m0/s1. The smallest absolute Gasteiger partial charge is 0.243 e. The number of carbonyl (C=O) groups is 2. The number of aromatic nitrogens is 1. The van der Waals surface area contributed by atoms with Crippen LogP contribution in [-0.2, 0) is 9.59 Å². The van der Waals surface area contributed by atoms with Crippen molar-refractivity contribution < 1.29 is 14.3 Å². The van der Waals surface area contributed by atoms with Gasteiger partial charge in [0.2, 0.25) is 17.7 Å². The molecule has 1 heterocycles. The molecule has 7 heteroatoms. The zero-order chi connectivity index (χ0) is 15.8. The summed E-state index contributed by atoms with van der Waals surface area (Å²) in [5.41, 5.74) is 6.15. The molecule has 0 saturated heterocycles. The van der Waals surface area contributed by atoms with Crippen LogP contribution >= 0.6 is 0 Å². The van der Waals surface area contributed by atoms with E-state index < -0.39 is 6.04 Å². The molecule has 0 bridgehead atoms. The third-order valence-electron chi connectivity index (χ3n) is 2.77. The van der Waals surface area contributed by atoms with Gasteiger partial charge in [-0.1, -0.05) is 13.8 Å². The van der Waals surface area contributed by atoms with Crippen molar-refractivity contribution in [3.8, 4) is 5.88 Å². The molecule has 1 atom stereocenters. The van der Waals surface area contributed by atoms with Gasteiger partial charge < -0.3 is 21.1 Å². The van der Waals surface area contributed by atoms with Gasteiger partial charge in [0.05, 0.1) is 19.2 Å². The monoisotopic (exact) mass is 294 g/mol. The first-order chi connectivity index (χ1) is 9.95. The van der Waals surface area contributed by atoms with Gasteiger partial charge in [-0.05, 0) is 25.0 Å². The molecular formula is C14H22N4O3. The lowest BCUT2D eigenvalue weighted by Gasteiger charge is -2.15. The van der Waals surface area contributed by atoms with Gasteiger partial charge in [-0.25, -0.2) is 4.98 Å². The molecule has 0 saturated carbocycles. The van der Waals surface area contributed by atoms with Crippen molar-refractivity contribution in [1.29, 1.82) is 0 Å². The van der Waals surface area contributed by atoms with Crippen LogP contribution in [0.25, 0.3) is 0 Å². The molecule has 21 heavy (non-hydrogen) atoms. The Bertz CT molecular complexity index is 491. The zero-order valence-electron chi connectivity index (χ0n) is 12.6. The fraction of sp³-hybridized carbons (Fsp3) is 0.500. The van der Waals surface area contributed by atoms with E-state index in [0.29, 0.717) is 18.2 Å². The van der Waals surface area contributed by atoms with Gasteiger partial charge >= 0.3 is 0 Å². The molecule has 0 radical (unpaired) electrons. The van der Waals surface area contributed by atoms with E-state index in [2.05, 4.69) is 15.6 Å². The van der Waals surface area contributed by atoms with Crippen molar-refractivity contribution in [1.82, 2.24) is 10.3 Å². The quantitative estimate of drug-likeness (QED) is 0.679. The Morgan fingerprint density at radius 3 is 2.76 bits per heavy atom. The summed E-state index contributed by atoms with van der Waals surface area (Å²) in [5.74, 6) is -0.362. The van der Waals surface area contributed by atoms with Crippen LogP contribution in [0.1, 0.15) is 20.8 Å². The molecule has 0 aliphatic rings. The largest absolute Gasteiger partial charge is 0.476 e. The lowest BCUT2D eigenvalue weighted by molar-refractivity contribution is -0.125. The number of pyridine rings is 1. The van der Waals surface area contributed by atoms with Gasteiger partial charge in [-0.3, -0.25) is 9.59 Å². The van der Waals surface area contributed by atoms with E-state index in [1.807, 2.05) is 20.8 Å². The summed E-state index contributed by atoms with van der Waals surface area (Å²) in [6.07, 6.45) is 1.57. The highest BCUT2D eigenvalue weighted by Gasteiger charge is 2.18. The van der Waals surface area contributed by atoms with Crippen molar-refractivity contribution in [3.05, 3.63) is 18.3 Å². The predicted octanol–water partition coefficient (Wildman–Crippen LogP) is 0.518. The van der Waals surface area contributed by atoms with Crippen molar-refractivity contribution in [2.75, 3.05) is 18.5 Å². The normalized spacial score (nSPS) is 11.9. The Morgan fingerprint density at radius 1 is 1.43 bits per heavy atom. The van der Waals surface area contributed by atoms with Gasteiger partial charge in [0, 0.05) is 6.20 Å². The number of nitrogens with two attached hydrogens (primary N) is 1. The second-order valence-corrected chi connectivity index (χ2v) is 4.82. The van der Waals surface area contributed by atoms with Crippen LogP contribution in [-0.4, -0.2) is 36.0 Å². The Balaban J connectivity index is 2.53. The van der Waals surface area contributed by atoms with E-state index in [4.69, 9.17) is 10.5 Å². The van der Waals surface area contributed by atoms with Gasteiger partial charge in [-0.2, -0.15) is 0 Å². The third kappa shape index (κ3) is 5.39. The molecule has 0 fully saturated rings. The number of hydrogen-bond donors (Lipinski definition) is 3. The minimum Gasteiger partial charge on any atom is -0.476 e. The molecule has 0 aliphatic carbocycles. The van der Waals surface area contributed by atoms with Crippen molar-refractivity contribution >= 4 is 17.5 Å². The molecule has 0 aliphatic heterocycles. The van der Waals surface area contributed by atoms with Gasteiger partial charge in [0.15, 0.2) is 0 Å². The van der Waals surface area contributed by atoms with Crippen molar-refractivity contribution in [2.45, 2.75) is 26.8 Å². The van der Waals surface area contributed by atoms with Gasteiger partial charge in [0.25, 0.3) is 0 Å². The summed E-state index contributed by atoms with van der Waals surface area (Å²) in [4.78, 5) is 27.5. The van der Waals surface area contributed by atoms with Crippen LogP contribution in [0.3, 0.4) is 0 Å². The first-order valence-corrected chi connectivity index (χ1v) is 6.86. The highest BCUT2D eigenvalue weighted by Crippen LogP contribution is 2.19. The number of carbonyl (C=O) groups excluding carboxylic acids is 2. The summed E-state index contributed by atoms with van der Waals surface area (Å²) in [6.45, 7) is 5.80. The lowest BCUT2D eigenvalue weighted by Crippen LogP contribution is -2.46. The second kappa shape index (κ2) is 8.21. The number of amides is 2. The molecule has 1 aromatic heterocycles. The Hall–Kier alpha value is -2.15. The number of rotatable bonds is 7. The highest BCUT2D eigenvalue weighted by molar-refractivity contribution is 5.96. The fourth-order valence-corrected chi connectivity index (χ4v) is 1.52. The van der Waals surface area contributed by atoms with Gasteiger partial charge in [0.1, 0.15) is 5.69 Å². The van der Waals surface area contributed by atoms with Gasteiger partial charge in [-0.15, -0.1) is 0 Å². The molecule has 1 rings (SSSR count). The lowest BCUT2D eigenvalue weighted by atomic mass is 10.1. The first kappa shape index (κ1) is 16.9. The van der Waals surface area contributed by atoms with E-state index in [-0.39, 0.29) is 24.3 Å². The third-order valence-corrected chi connectivity index (χ3v) is 2.77. The van der Waals surface area contributed by atoms with Crippen LogP contribution in [0.5, 0.6) is 5.88 Å². The number of anilines is 1. The minimum atomic E-state index is -0.629. The highest BCUT2D eigenvalue weighted by atomic mass is 16.5. The molecule has 1 aromatic rings. The number of nitrogens with one attached hydrogen (secondary N) is 2. The molecule has 2 amide bonds. The summed E-state index contributed by atoms with van der Waals surface area (Å²) < 4.78 is 5.30. The molecular weight excluding hydrogens is 272 g/mol. The van der Waals surface area contributed by atoms with Crippen molar-refractivity contribution in [3.63, 3.8) is 0 Å². The molecule has 0 spiro atoms. The second-order valence-electron chi connectivity index (χ2n) is 4.82. The minimum absolute atomic E-state index is 0.0101. The van der Waals surface area contributed by atoms with Crippen LogP contribution in [0.15, 0.2) is 18.3 Å². The molecule has 0 unspecified atom stereocenters. The summed E-state index contributed by atoms with van der Waals surface area (Å²) in [6, 6.07) is 2.73. The summed E-state index contributed by atoms with van der Waals surface area (Å²) in [5, 5.41) is 5.13. The zero-order valence-corrected chi connectivity index (χ0v) is 12.6. The average Bonchev–Trinajstić information content (AvgIpc) is 2.46. The molecule has 0 aromatic carbocycles. The number of ether oxygens (including phenoxy) is 1. The fourth-order valence-electron chi connectivity index (χ4n) is 1.52.